The normalized spacial score (nSPS) is 12.8. The Hall–Kier alpha value is -6.28. The number of hydrogen-bond donors (Lipinski definition) is 14. The molecule has 4 aromatic rings. The fourth-order valence-corrected chi connectivity index (χ4v) is 7.46. The van der Waals surface area contributed by atoms with Crippen LogP contribution >= 0.6 is 0 Å². The summed E-state index contributed by atoms with van der Waals surface area (Å²) in [7, 11) is 0. The molecule has 0 saturated heterocycles. The molecule has 0 bridgehead atoms. The van der Waals surface area contributed by atoms with Crippen LogP contribution in [0.4, 0.5) is 22.7 Å². The first-order valence-electron chi connectivity index (χ1n) is 20.2. The molecule has 0 aliphatic heterocycles. The third-order valence-electron chi connectivity index (χ3n) is 10.3. The van der Waals surface area contributed by atoms with Crippen molar-refractivity contribution in [1.29, 1.82) is 0 Å². The highest BCUT2D eigenvalue weighted by Gasteiger charge is 2.39. The zero-order valence-corrected chi connectivity index (χ0v) is 33.5. The van der Waals surface area contributed by atoms with Crippen LogP contribution in [-0.4, -0.2) is 146 Å². The average Bonchev–Trinajstić information content (AvgIpc) is 3.25. The number of carbonyl (C=O) groups excluding carboxylic acids is 4. The van der Waals surface area contributed by atoms with Crippen LogP contribution < -0.4 is 42.5 Å². The third-order valence-corrected chi connectivity index (χ3v) is 10.3. The number of anilines is 4. The van der Waals surface area contributed by atoms with Crippen LogP contribution in [0.3, 0.4) is 0 Å². The molecule has 4 aromatic carbocycles. The molecule has 0 amide bonds. The van der Waals surface area contributed by atoms with Crippen molar-refractivity contribution in [3.05, 3.63) is 93.0 Å². The summed E-state index contributed by atoms with van der Waals surface area (Å²) < 4.78 is 0. The Balaban J connectivity index is 0.995. The quantitative estimate of drug-likeness (QED) is 0.0300. The molecule has 6 rings (SSSR count). The molecule has 18 nitrogen and oxygen atoms in total. The Kier molecular flexibility index (Phi) is 15.1. The lowest BCUT2D eigenvalue weighted by atomic mass is 9.81. The van der Waals surface area contributed by atoms with Gasteiger partial charge in [-0.25, -0.2) is 0 Å². The van der Waals surface area contributed by atoms with Crippen molar-refractivity contribution in [3.63, 3.8) is 0 Å². The summed E-state index contributed by atoms with van der Waals surface area (Å²) in [4.78, 5) is 55.1. The molecule has 2 aliphatic carbocycles. The van der Waals surface area contributed by atoms with Crippen LogP contribution in [0.2, 0.25) is 0 Å². The van der Waals surface area contributed by atoms with E-state index in [9.17, 15) is 39.6 Å². The van der Waals surface area contributed by atoms with Crippen LogP contribution in [0, 0.1) is 0 Å². The fraction of sp³-hybridized carbons (Fsp3) is 0.349. The molecule has 0 aromatic heterocycles. The summed E-state index contributed by atoms with van der Waals surface area (Å²) in [5.74, 6) is -3.96. The van der Waals surface area contributed by atoms with Gasteiger partial charge in [-0.05, 0) is 68.0 Å². The number of nitrogens with one attached hydrogen (secondary N) is 8. The first-order valence-corrected chi connectivity index (χ1v) is 20.2. The molecule has 0 heterocycles. The third kappa shape index (κ3) is 9.70. The van der Waals surface area contributed by atoms with Crippen LogP contribution in [0.25, 0.3) is 0 Å². The lowest BCUT2D eigenvalue weighted by molar-refractivity contribution is 0.0975. The van der Waals surface area contributed by atoms with Crippen LogP contribution in [-0.2, 0) is 0 Å². The second-order valence-electron chi connectivity index (χ2n) is 14.4. The summed E-state index contributed by atoms with van der Waals surface area (Å²) in [6.07, 6.45) is 0.769. The van der Waals surface area contributed by atoms with Gasteiger partial charge in [-0.1, -0.05) is 0 Å². The minimum Gasteiger partial charge on any atom is -0.507 e. The monoisotopic (exact) mass is 840 g/mol. The predicted octanol–water partition coefficient (Wildman–Crippen LogP) is 1.14. The number of rotatable bonds is 24. The SMILES string of the molecule is O=C1c2c(O)ccc(O)c2C(=O)c2c(NCCNCCCNCCNc3ccc(NCCNCCO)c4c3C(=O)c3c(O)ccc(O)c3C4=O)ccc(NCCNCCO)c21. The molecule has 61 heavy (non-hydrogen) atoms. The molecule has 18 heteroatoms. The molecule has 2 aliphatic rings. The van der Waals surface area contributed by atoms with Gasteiger partial charge in [-0.3, -0.25) is 19.2 Å². The Morgan fingerprint density at radius 3 is 0.803 bits per heavy atom. The van der Waals surface area contributed by atoms with Crippen molar-refractivity contribution in [1.82, 2.24) is 21.3 Å². The molecule has 0 unspecified atom stereocenters. The van der Waals surface area contributed by atoms with Gasteiger partial charge in [-0.2, -0.15) is 0 Å². The maximum Gasteiger partial charge on any atom is 0.200 e. The predicted molar refractivity (Wildman–Crippen MR) is 230 cm³/mol. The minimum atomic E-state index is -0.589. The van der Waals surface area contributed by atoms with E-state index in [1.165, 1.54) is 24.3 Å². The van der Waals surface area contributed by atoms with Crippen molar-refractivity contribution in [3.8, 4) is 23.0 Å². The number of phenols is 4. The van der Waals surface area contributed by atoms with Crippen molar-refractivity contribution in [2.75, 3.05) is 113 Å². The fourth-order valence-electron chi connectivity index (χ4n) is 7.46. The number of ketones is 4. The lowest BCUT2D eigenvalue weighted by Gasteiger charge is -2.25. The zero-order valence-electron chi connectivity index (χ0n) is 33.5. The van der Waals surface area contributed by atoms with Crippen molar-refractivity contribution in [2.45, 2.75) is 6.42 Å². The van der Waals surface area contributed by atoms with E-state index in [-0.39, 0.29) is 57.7 Å². The molecule has 14 N–H and O–H groups in total. The average molecular weight is 841 g/mol. The summed E-state index contributed by atoms with van der Waals surface area (Å²) >= 11 is 0. The lowest BCUT2D eigenvalue weighted by Crippen LogP contribution is -2.30. The minimum absolute atomic E-state index is 0.0222. The molecule has 0 saturated carbocycles. The first kappa shape index (κ1) is 44.3. The van der Waals surface area contributed by atoms with Gasteiger partial charge in [0, 0.05) is 88.2 Å². The van der Waals surface area contributed by atoms with Gasteiger partial charge in [0.05, 0.1) is 57.7 Å². The number of aliphatic hydroxyl groups is 2. The van der Waals surface area contributed by atoms with Crippen LogP contribution in [0.5, 0.6) is 23.0 Å². The summed E-state index contributed by atoms with van der Waals surface area (Å²) in [6.45, 7) is 5.71. The number of carbonyl (C=O) groups is 4. The summed E-state index contributed by atoms with van der Waals surface area (Å²) in [5.41, 5.74) is 1.02. The molecule has 0 fully saturated rings. The van der Waals surface area contributed by atoms with Gasteiger partial charge in [0.1, 0.15) is 23.0 Å². The van der Waals surface area contributed by atoms with E-state index < -0.39 is 46.1 Å². The highest BCUT2D eigenvalue weighted by molar-refractivity contribution is 6.34. The maximum absolute atomic E-state index is 13.8. The topological polar surface area (TPSA) is 286 Å². The largest absolute Gasteiger partial charge is 0.507 e. The number of aromatic hydroxyl groups is 4. The van der Waals surface area contributed by atoms with E-state index in [1.54, 1.807) is 24.3 Å². The van der Waals surface area contributed by atoms with Crippen LogP contribution in [0.15, 0.2) is 48.5 Å². The van der Waals surface area contributed by atoms with Crippen molar-refractivity contribution >= 4 is 45.9 Å². The smallest absolute Gasteiger partial charge is 0.200 e. The molecule has 0 spiro atoms. The highest BCUT2D eigenvalue weighted by atomic mass is 16.3. The van der Waals surface area contributed by atoms with E-state index in [1.807, 2.05) is 0 Å². The number of phenolic OH excluding ortho intramolecular Hbond substituents is 4. The van der Waals surface area contributed by atoms with Gasteiger partial charge in [0.2, 0.25) is 23.1 Å². The Morgan fingerprint density at radius 2 is 0.557 bits per heavy atom. The van der Waals surface area contributed by atoms with E-state index in [2.05, 4.69) is 42.5 Å². The van der Waals surface area contributed by atoms with Crippen molar-refractivity contribution < 1.29 is 49.8 Å². The van der Waals surface area contributed by atoms with Gasteiger partial charge >= 0.3 is 0 Å². The second-order valence-corrected chi connectivity index (χ2v) is 14.4. The van der Waals surface area contributed by atoms with Gasteiger partial charge in [0.15, 0.2) is 0 Å². The Bertz CT molecular complexity index is 2130. The second kappa shape index (κ2) is 20.8. The molecule has 0 radical (unpaired) electrons. The Morgan fingerprint density at radius 1 is 0.311 bits per heavy atom. The van der Waals surface area contributed by atoms with E-state index in [4.69, 9.17) is 10.2 Å². The highest BCUT2D eigenvalue weighted by Crippen LogP contribution is 2.44. The molecule has 0 atom stereocenters. The Labute approximate surface area is 351 Å². The number of hydrogen-bond acceptors (Lipinski definition) is 18. The van der Waals surface area contributed by atoms with E-state index >= 15 is 0 Å². The van der Waals surface area contributed by atoms with Gasteiger partial charge < -0.3 is 73.2 Å². The standard InChI is InChI=1S/C43H52N8O10/c52-22-20-46-14-18-50-26-4-2-24(32-34(26)42(60)38-30(56)8-6-28(54)36(38)40(32)58)48-16-12-44-10-1-11-45-13-17-49-25-3-5-27(51-19-15-47-21-23-53)35-33(25)41(59)37-29(55)7-9-31(57)39(37)43(35)61/h2-9,44-57H,1,10-23H2. The van der Waals surface area contributed by atoms with Gasteiger partial charge in [-0.15, -0.1) is 0 Å². The molecular weight excluding hydrogens is 789 g/mol. The molecular formula is C43H52N8O10. The number of aliphatic hydroxyl groups excluding tert-OH is 2. The molecule has 324 valence electrons. The maximum atomic E-state index is 13.8. The van der Waals surface area contributed by atoms with Crippen molar-refractivity contribution in [2.24, 2.45) is 0 Å². The number of benzene rings is 4. The number of fused-ring (bicyclic) bond motifs is 4. The van der Waals surface area contributed by atoms with E-state index in [0.717, 1.165) is 6.42 Å². The first-order chi connectivity index (χ1) is 29.6. The van der Waals surface area contributed by atoms with Gasteiger partial charge in [0.25, 0.3) is 0 Å². The summed E-state index contributed by atoms with van der Waals surface area (Å²) in [6, 6.07) is 11.5. The zero-order chi connectivity index (χ0) is 43.5. The van der Waals surface area contributed by atoms with Crippen LogP contribution in [0.1, 0.15) is 70.1 Å². The van der Waals surface area contributed by atoms with E-state index in [0.29, 0.717) is 101 Å². The summed E-state index contributed by atoms with van der Waals surface area (Å²) in [5, 5.41) is 85.7.